The molecule has 0 aliphatic carbocycles. The van der Waals surface area contributed by atoms with Crippen molar-refractivity contribution in [2.24, 2.45) is 0 Å². The van der Waals surface area contributed by atoms with E-state index in [9.17, 15) is 0 Å². The summed E-state index contributed by atoms with van der Waals surface area (Å²) in [5, 5.41) is 3.97. The number of fused-ring (bicyclic) bond motifs is 1. The molecule has 0 saturated carbocycles. The zero-order chi connectivity index (χ0) is 17.2. The average molecular weight is 328 g/mol. The van der Waals surface area contributed by atoms with E-state index in [4.69, 9.17) is 0 Å². The average Bonchev–Trinajstić information content (AvgIpc) is 3.21. The number of rotatable bonds is 4. The van der Waals surface area contributed by atoms with Gasteiger partial charge in [0.05, 0.1) is 21.6 Å². The number of aromatic nitrogens is 3. The van der Waals surface area contributed by atoms with Gasteiger partial charge >= 0.3 is 0 Å². The lowest BCUT2D eigenvalue weighted by Gasteiger charge is -1.94. The van der Waals surface area contributed by atoms with Crippen LogP contribution in [0.15, 0.2) is 37.4 Å². The molecule has 0 atom stereocenters. The Morgan fingerprint density at radius 3 is 2.30 bits per heavy atom. The molecule has 0 radical (unpaired) electrons. The van der Waals surface area contributed by atoms with Gasteiger partial charge in [-0.3, -0.25) is 0 Å². The normalized spacial score (nSPS) is 9.22. The molecule has 0 aliphatic rings. The van der Waals surface area contributed by atoms with E-state index in [1.54, 1.807) is 23.5 Å². The maximum Gasteiger partial charge on any atom is 0.207 e. The fourth-order valence-corrected chi connectivity index (χ4v) is 2.66. The quantitative estimate of drug-likeness (QED) is 0.608. The maximum absolute atomic E-state index is 4.49. The Kier molecular flexibility index (Phi) is 7.77. The number of nitrogens with one attached hydrogen (secondary N) is 2. The van der Waals surface area contributed by atoms with E-state index in [0.717, 1.165) is 26.7 Å². The van der Waals surface area contributed by atoms with Crippen LogP contribution in [0.4, 0.5) is 11.1 Å². The van der Waals surface area contributed by atoms with Crippen LogP contribution in [0.2, 0.25) is 0 Å². The highest BCUT2D eigenvalue weighted by Gasteiger charge is 2.08. The first-order valence-corrected chi connectivity index (χ1v) is 8.59. The van der Waals surface area contributed by atoms with E-state index in [1.165, 1.54) is 0 Å². The third-order valence-electron chi connectivity index (χ3n) is 2.68. The molecule has 0 spiro atoms. The number of thiazole rings is 1. The molecule has 2 N–H and O–H groups in total. The molecule has 0 saturated heterocycles. The van der Waals surface area contributed by atoms with Crippen molar-refractivity contribution in [3.8, 4) is 0 Å². The summed E-state index contributed by atoms with van der Waals surface area (Å²) in [5.41, 5.74) is 2.60. The molecule has 0 aliphatic heterocycles. The third-order valence-corrected chi connectivity index (χ3v) is 3.63. The number of anilines is 2. The molecule has 5 heteroatoms. The zero-order valence-corrected chi connectivity index (χ0v) is 15.0. The molecule has 4 nitrogen and oxygen atoms in total. The van der Waals surface area contributed by atoms with Gasteiger partial charge in [-0.2, -0.15) is 0 Å². The Hall–Kier alpha value is -2.40. The Morgan fingerprint density at radius 1 is 1.04 bits per heavy atom. The number of nitrogens with zero attached hydrogens (tertiary/aromatic N) is 2. The third kappa shape index (κ3) is 4.53. The van der Waals surface area contributed by atoms with Crippen molar-refractivity contribution in [2.75, 3.05) is 5.32 Å². The summed E-state index contributed by atoms with van der Waals surface area (Å²) in [6, 6.07) is 8.02. The number of para-hydroxylation sites is 1. The Balaban J connectivity index is 0.000000615. The lowest BCUT2D eigenvalue weighted by molar-refractivity contribution is 1.27. The minimum atomic E-state index is 0.642. The highest BCUT2D eigenvalue weighted by Crippen LogP contribution is 2.27. The molecule has 0 bridgehead atoms. The van der Waals surface area contributed by atoms with Gasteiger partial charge in [0, 0.05) is 0 Å². The van der Waals surface area contributed by atoms with E-state index in [2.05, 4.69) is 33.4 Å². The van der Waals surface area contributed by atoms with Crippen LogP contribution < -0.4 is 5.32 Å². The molecule has 1 aromatic carbocycles. The van der Waals surface area contributed by atoms with Crippen molar-refractivity contribution in [1.29, 1.82) is 0 Å². The lowest BCUT2D eigenvalue weighted by Crippen LogP contribution is -1.91. The molecule has 122 valence electrons. The van der Waals surface area contributed by atoms with Gasteiger partial charge in [0.15, 0.2) is 5.13 Å². The van der Waals surface area contributed by atoms with E-state index in [0.29, 0.717) is 5.95 Å². The fourth-order valence-electron chi connectivity index (χ4n) is 1.80. The summed E-state index contributed by atoms with van der Waals surface area (Å²) in [7, 11) is 0. The van der Waals surface area contributed by atoms with E-state index in [1.807, 2.05) is 52.0 Å². The highest BCUT2D eigenvalue weighted by molar-refractivity contribution is 7.22. The van der Waals surface area contributed by atoms with Crippen molar-refractivity contribution >= 4 is 44.8 Å². The topological polar surface area (TPSA) is 53.6 Å². The van der Waals surface area contributed by atoms with Crippen LogP contribution >= 0.6 is 11.3 Å². The molecule has 0 amide bonds. The highest BCUT2D eigenvalue weighted by atomic mass is 32.1. The summed E-state index contributed by atoms with van der Waals surface area (Å²) < 4.78 is 1.14. The summed E-state index contributed by atoms with van der Waals surface area (Å²) in [6.07, 6.45) is 3.41. The van der Waals surface area contributed by atoms with Crippen LogP contribution in [0.25, 0.3) is 22.4 Å². The SMILES string of the molecule is C=Cc1nc(Nc2nc3ccccc3s2)[nH]c1C=C.CC.CC. The number of hydrogen-bond donors (Lipinski definition) is 2. The Labute approximate surface area is 142 Å². The lowest BCUT2D eigenvalue weighted by atomic mass is 10.3. The number of hydrogen-bond acceptors (Lipinski definition) is 4. The van der Waals surface area contributed by atoms with E-state index < -0.39 is 0 Å². The van der Waals surface area contributed by atoms with Crippen molar-refractivity contribution < 1.29 is 0 Å². The van der Waals surface area contributed by atoms with Gasteiger partial charge < -0.3 is 10.3 Å². The number of H-pyrrole nitrogens is 1. The van der Waals surface area contributed by atoms with Crippen molar-refractivity contribution in [1.82, 2.24) is 15.0 Å². The first-order chi connectivity index (χ1) is 11.3. The second-order valence-electron chi connectivity index (χ2n) is 3.90. The number of benzene rings is 1. The smallest absolute Gasteiger partial charge is 0.207 e. The van der Waals surface area contributed by atoms with Crippen LogP contribution in [-0.2, 0) is 0 Å². The van der Waals surface area contributed by atoms with Crippen LogP contribution in [-0.4, -0.2) is 15.0 Å². The molecule has 2 aromatic heterocycles. The van der Waals surface area contributed by atoms with Crippen molar-refractivity contribution in [3.63, 3.8) is 0 Å². The minimum Gasteiger partial charge on any atom is -0.324 e. The summed E-state index contributed by atoms with van der Waals surface area (Å²) in [4.78, 5) is 12.0. The standard InChI is InChI=1S/C14H12N4S.2C2H6/c1-3-9-10(4-2)16-13(15-9)18-14-17-11-7-5-6-8-12(11)19-14;2*1-2/h3-8H,1-2H2,(H2,15,16,17,18);2*1-2H3. The number of imidazole rings is 1. The molecule has 3 aromatic rings. The van der Waals surface area contributed by atoms with Gasteiger partial charge in [-0.1, -0.05) is 64.3 Å². The van der Waals surface area contributed by atoms with Crippen LogP contribution in [0, 0.1) is 0 Å². The van der Waals surface area contributed by atoms with Gasteiger partial charge in [-0.15, -0.1) is 0 Å². The zero-order valence-electron chi connectivity index (χ0n) is 14.2. The maximum atomic E-state index is 4.49. The van der Waals surface area contributed by atoms with Crippen molar-refractivity contribution in [3.05, 3.63) is 48.8 Å². The Bertz CT molecular complexity index is 697. The van der Waals surface area contributed by atoms with E-state index >= 15 is 0 Å². The minimum absolute atomic E-state index is 0.642. The summed E-state index contributed by atoms with van der Waals surface area (Å²) in [6.45, 7) is 15.5. The van der Waals surface area contributed by atoms with Gasteiger partial charge in [0.25, 0.3) is 0 Å². The largest absolute Gasteiger partial charge is 0.324 e. The second-order valence-corrected chi connectivity index (χ2v) is 4.93. The van der Waals surface area contributed by atoms with Gasteiger partial charge in [-0.05, 0) is 24.3 Å². The molecular formula is C18H24N4S. The van der Waals surface area contributed by atoms with Crippen LogP contribution in [0.1, 0.15) is 39.1 Å². The molecule has 3 rings (SSSR count). The fraction of sp³-hybridized carbons (Fsp3) is 0.222. The molecule has 0 fully saturated rings. The van der Waals surface area contributed by atoms with E-state index in [-0.39, 0.29) is 0 Å². The van der Waals surface area contributed by atoms with Crippen LogP contribution in [0.5, 0.6) is 0 Å². The second kappa shape index (κ2) is 9.58. The first-order valence-electron chi connectivity index (χ1n) is 7.77. The first kappa shape index (κ1) is 18.6. The monoisotopic (exact) mass is 328 g/mol. The van der Waals surface area contributed by atoms with Crippen molar-refractivity contribution in [2.45, 2.75) is 27.7 Å². The number of aromatic amines is 1. The molecule has 23 heavy (non-hydrogen) atoms. The summed E-state index contributed by atoms with van der Waals surface area (Å²) in [5.74, 6) is 0.642. The molecule has 0 unspecified atom stereocenters. The molecule has 2 heterocycles. The van der Waals surface area contributed by atoms with Gasteiger partial charge in [0.1, 0.15) is 0 Å². The van der Waals surface area contributed by atoms with Crippen LogP contribution in [0.3, 0.4) is 0 Å². The summed E-state index contributed by atoms with van der Waals surface area (Å²) >= 11 is 1.59. The molecular weight excluding hydrogens is 304 g/mol. The Morgan fingerprint density at radius 2 is 1.74 bits per heavy atom. The van der Waals surface area contributed by atoms with Gasteiger partial charge in [-0.25, -0.2) is 9.97 Å². The van der Waals surface area contributed by atoms with Gasteiger partial charge in [0.2, 0.25) is 5.95 Å². The predicted molar refractivity (Wildman–Crippen MR) is 104 cm³/mol. The predicted octanol–water partition coefficient (Wildman–Crippen LogP) is 6.10.